The Morgan fingerprint density at radius 2 is 1.96 bits per heavy atom. The van der Waals surface area contributed by atoms with E-state index in [9.17, 15) is 9.18 Å². The first-order valence-electron chi connectivity index (χ1n) is 7.71. The Balaban J connectivity index is 1.90. The highest BCUT2D eigenvalue weighted by molar-refractivity contribution is 5.81. The summed E-state index contributed by atoms with van der Waals surface area (Å²) >= 11 is 0. The molecule has 0 saturated heterocycles. The maximum atomic E-state index is 13.4. The molecule has 0 saturated carbocycles. The van der Waals surface area contributed by atoms with Crippen molar-refractivity contribution in [2.24, 2.45) is 0 Å². The Hall–Kier alpha value is -3.02. The summed E-state index contributed by atoms with van der Waals surface area (Å²) in [4.78, 5) is 16.5. The van der Waals surface area contributed by atoms with Gasteiger partial charge in [0, 0.05) is 18.5 Å². The van der Waals surface area contributed by atoms with E-state index >= 15 is 0 Å². The summed E-state index contributed by atoms with van der Waals surface area (Å²) in [7, 11) is 0. The minimum atomic E-state index is -0.371. The normalized spacial score (nSPS) is 10.6. The molecule has 0 bridgehead atoms. The highest BCUT2D eigenvalue weighted by atomic mass is 19.1. The highest BCUT2D eigenvalue weighted by Gasteiger charge is 2.16. The van der Waals surface area contributed by atoms with Gasteiger partial charge in [-0.1, -0.05) is 49.4 Å². The summed E-state index contributed by atoms with van der Waals surface area (Å²) in [5.74, 6) is 0.113. The standard InChI is InChI=1S/C18H17FN4O/c1-2-16(24)23-18(20-12-13-7-4-3-5-8-13)21-17(22-23)14-9-6-10-15(19)11-14/h3-11H,2,12H2,1H3,(H,20,21,22). The van der Waals surface area contributed by atoms with Gasteiger partial charge in [-0.25, -0.2) is 4.39 Å². The number of nitrogens with one attached hydrogen (secondary N) is 1. The number of hydrogen-bond acceptors (Lipinski definition) is 4. The third-order valence-electron chi connectivity index (χ3n) is 3.52. The van der Waals surface area contributed by atoms with Crippen LogP contribution in [0.3, 0.4) is 0 Å². The number of aromatic nitrogens is 3. The van der Waals surface area contributed by atoms with Gasteiger partial charge in [0.15, 0.2) is 5.82 Å². The van der Waals surface area contributed by atoms with Crippen LogP contribution in [-0.2, 0) is 6.54 Å². The van der Waals surface area contributed by atoms with Crippen LogP contribution >= 0.6 is 0 Å². The third-order valence-corrected chi connectivity index (χ3v) is 3.52. The molecule has 0 atom stereocenters. The average Bonchev–Trinajstić information content (AvgIpc) is 3.04. The highest BCUT2D eigenvalue weighted by Crippen LogP contribution is 2.19. The largest absolute Gasteiger partial charge is 0.350 e. The van der Waals surface area contributed by atoms with E-state index in [-0.39, 0.29) is 11.7 Å². The molecule has 1 aromatic heterocycles. The molecule has 122 valence electrons. The molecule has 0 unspecified atom stereocenters. The number of hydrogen-bond donors (Lipinski definition) is 1. The number of benzene rings is 2. The predicted octanol–water partition coefficient (Wildman–Crippen LogP) is 3.75. The summed E-state index contributed by atoms with van der Waals surface area (Å²) in [5, 5.41) is 7.36. The molecule has 3 rings (SSSR count). The first-order valence-corrected chi connectivity index (χ1v) is 7.71. The molecule has 6 heteroatoms. The molecule has 0 fully saturated rings. The van der Waals surface area contributed by atoms with E-state index in [2.05, 4.69) is 15.4 Å². The average molecular weight is 324 g/mol. The van der Waals surface area contributed by atoms with Crippen molar-refractivity contribution in [3.8, 4) is 11.4 Å². The molecule has 0 radical (unpaired) electrons. The summed E-state index contributed by atoms with van der Waals surface area (Å²) in [5.41, 5.74) is 1.59. The molecule has 2 aromatic carbocycles. The molecule has 24 heavy (non-hydrogen) atoms. The van der Waals surface area contributed by atoms with Gasteiger partial charge in [-0.3, -0.25) is 4.79 Å². The smallest absolute Gasteiger partial charge is 0.249 e. The van der Waals surface area contributed by atoms with Gasteiger partial charge in [-0.2, -0.15) is 9.67 Å². The molecule has 0 aliphatic rings. The first kappa shape index (κ1) is 15.9. The number of anilines is 1. The number of nitrogens with zero attached hydrogens (tertiary/aromatic N) is 3. The molecule has 0 aliphatic heterocycles. The van der Waals surface area contributed by atoms with Gasteiger partial charge in [-0.05, 0) is 17.7 Å². The van der Waals surface area contributed by atoms with Crippen LogP contribution in [0.25, 0.3) is 11.4 Å². The lowest BCUT2D eigenvalue weighted by molar-refractivity contribution is 0.0895. The Morgan fingerprint density at radius 1 is 1.17 bits per heavy atom. The molecule has 3 aromatic rings. The van der Waals surface area contributed by atoms with E-state index in [0.717, 1.165) is 5.56 Å². The van der Waals surface area contributed by atoms with Crippen molar-refractivity contribution < 1.29 is 9.18 Å². The van der Waals surface area contributed by atoms with Gasteiger partial charge in [0.1, 0.15) is 5.82 Å². The van der Waals surface area contributed by atoms with Gasteiger partial charge in [-0.15, -0.1) is 5.10 Å². The minimum absolute atomic E-state index is 0.180. The van der Waals surface area contributed by atoms with E-state index in [1.54, 1.807) is 19.1 Å². The van der Waals surface area contributed by atoms with Gasteiger partial charge >= 0.3 is 0 Å². The molecular formula is C18H17FN4O. The van der Waals surface area contributed by atoms with Crippen molar-refractivity contribution in [3.05, 3.63) is 66.0 Å². The molecule has 1 heterocycles. The Kier molecular flexibility index (Phi) is 4.65. The van der Waals surface area contributed by atoms with Crippen LogP contribution in [0.1, 0.15) is 23.7 Å². The number of rotatable bonds is 5. The van der Waals surface area contributed by atoms with Gasteiger partial charge in [0.05, 0.1) is 0 Å². The summed E-state index contributed by atoms with van der Waals surface area (Å²) in [6.07, 6.45) is 0.298. The Bertz CT molecular complexity index is 845. The molecule has 5 nitrogen and oxygen atoms in total. The van der Waals surface area contributed by atoms with Crippen LogP contribution in [0.5, 0.6) is 0 Å². The monoisotopic (exact) mass is 324 g/mol. The third kappa shape index (κ3) is 3.48. The van der Waals surface area contributed by atoms with Crippen LogP contribution in [0.2, 0.25) is 0 Å². The lowest BCUT2D eigenvalue weighted by Gasteiger charge is -2.06. The Morgan fingerprint density at radius 3 is 2.67 bits per heavy atom. The van der Waals surface area contributed by atoms with Gasteiger partial charge in [0.25, 0.3) is 0 Å². The maximum Gasteiger partial charge on any atom is 0.249 e. The molecule has 0 aliphatic carbocycles. The number of carbonyl (C=O) groups excluding carboxylic acids is 1. The first-order chi connectivity index (χ1) is 11.7. The molecule has 1 N–H and O–H groups in total. The van der Waals surface area contributed by atoms with Gasteiger partial charge < -0.3 is 5.32 Å². The zero-order chi connectivity index (χ0) is 16.9. The van der Waals surface area contributed by atoms with Crippen molar-refractivity contribution in [3.63, 3.8) is 0 Å². The van der Waals surface area contributed by atoms with Crippen LogP contribution < -0.4 is 5.32 Å². The van der Waals surface area contributed by atoms with Crippen LogP contribution in [-0.4, -0.2) is 20.7 Å². The van der Waals surface area contributed by atoms with Crippen molar-refractivity contribution in [1.82, 2.24) is 14.8 Å². The number of halogens is 1. The second-order valence-corrected chi connectivity index (χ2v) is 5.27. The fraction of sp³-hybridized carbons (Fsp3) is 0.167. The van der Waals surface area contributed by atoms with E-state index < -0.39 is 0 Å². The second-order valence-electron chi connectivity index (χ2n) is 5.27. The quantitative estimate of drug-likeness (QED) is 0.776. The fourth-order valence-corrected chi connectivity index (χ4v) is 2.28. The predicted molar refractivity (Wildman–Crippen MR) is 90.1 cm³/mol. The van der Waals surface area contributed by atoms with Crippen LogP contribution in [0.4, 0.5) is 10.3 Å². The topological polar surface area (TPSA) is 59.8 Å². The fourth-order valence-electron chi connectivity index (χ4n) is 2.28. The number of carbonyl (C=O) groups is 1. The van der Waals surface area contributed by atoms with Gasteiger partial charge in [0.2, 0.25) is 11.9 Å². The molecule has 0 amide bonds. The lowest BCUT2D eigenvalue weighted by atomic mass is 10.2. The Labute approximate surface area is 139 Å². The summed E-state index contributed by atoms with van der Waals surface area (Å²) in [6, 6.07) is 15.8. The van der Waals surface area contributed by atoms with Crippen molar-refractivity contribution in [2.75, 3.05) is 5.32 Å². The summed E-state index contributed by atoms with van der Waals surface area (Å²) in [6.45, 7) is 2.27. The zero-order valence-electron chi connectivity index (χ0n) is 13.2. The minimum Gasteiger partial charge on any atom is -0.350 e. The molecular weight excluding hydrogens is 307 g/mol. The van der Waals surface area contributed by atoms with E-state index in [4.69, 9.17) is 0 Å². The second kappa shape index (κ2) is 7.04. The van der Waals surface area contributed by atoms with E-state index in [1.165, 1.54) is 16.8 Å². The van der Waals surface area contributed by atoms with E-state index in [0.29, 0.717) is 30.3 Å². The maximum absolute atomic E-state index is 13.4. The van der Waals surface area contributed by atoms with Crippen molar-refractivity contribution >= 4 is 11.9 Å². The SMILES string of the molecule is CCC(=O)n1nc(-c2cccc(F)c2)nc1NCc1ccccc1. The zero-order valence-corrected chi connectivity index (χ0v) is 13.2. The summed E-state index contributed by atoms with van der Waals surface area (Å²) < 4.78 is 14.6. The van der Waals surface area contributed by atoms with Crippen LogP contribution in [0, 0.1) is 5.82 Å². The van der Waals surface area contributed by atoms with Crippen molar-refractivity contribution in [2.45, 2.75) is 19.9 Å². The molecule has 0 spiro atoms. The van der Waals surface area contributed by atoms with Crippen LogP contribution in [0.15, 0.2) is 54.6 Å². The van der Waals surface area contributed by atoms with E-state index in [1.807, 2.05) is 30.3 Å². The lowest BCUT2D eigenvalue weighted by Crippen LogP contribution is -2.15. The van der Waals surface area contributed by atoms with Crippen molar-refractivity contribution in [1.29, 1.82) is 0 Å².